The Kier molecular flexibility index (Phi) is 6.29. The summed E-state index contributed by atoms with van der Waals surface area (Å²) in [5.74, 6) is -0.450. The minimum absolute atomic E-state index is 0.303. The molecule has 0 aliphatic rings. The van der Waals surface area contributed by atoms with Gasteiger partial charge >= 0.3 is 0 Å². The zero-order valence-electron chi connectivity index (χ0n) is 16.4. The van der Waals surface area contributed by atoms with E-state index in [2.05, 4.69) is 15.5 Å². The molecule has 1 aromatic heterocycles. The Hall–Kier alpha value is -2.78. The van der Waals surface area contributed by atoms with E-state index in [0.29, 0.717) is 22.2 Å². The first-order valence-corrected chi connectivity index (χ1v) is 11.7. The van der Waals surface area contributed by atoms with Gasteiger partial charge in [-0.05, 0) is 25.5 Å². The topological polar surface area (TPSA) is 92.3 Å². The largest absolute Gasteiger partial charge is 0.299 e. The third kappa shape index (κ3) is 4.99. The summed E-state index contributed by atoms with van der Waals surface area (Å²) in [5.41, 5.74) is 2.35. The lowest BCUT2D eigenvalue weighted by molar-refractivity contribution is -0.117. The lowest BCUT2D eigenvalue weighted by Gasteiger charge is -2.29. The third-order valence-corrected chi connectivity index (χ3v) is 6.36. The number of aryl methyl sites for hydroxylation is 1. The van der Waals surface area contributed by atoms with Gasteiger partial charge in [0.05, 0.1) is 11.9 Å². The molecule has 152 valence electrons. The van der Waals surface area contributed by atoms with Gasteiger partial charge in [-0.15, -0.1) is 10.2 Å². The summed E-state index contributed by atoms with van der Waals surface area (Å²) in [7, 11) is -3.68. The highest BCUT2D eigenvalue weighted by Gasteiger charge is 2.32. The summed E-state index contributed by atoms with van der Waals surface area (Å²) in [4.78, 5) is 12.9. The Balaban J connectivity index is 1.85. The fraction of sp³-hybridized carbons (Fsp3) is 0.250. The van der Waals surface area contributed by atoms with Crippen LogP contribution in [0.25, 0.3) is 10.6 Å². The second-order valence-electron chi connectivity index (χ2n) is 6.59. The van der Waals surface area contributed by atoms with Crippen molar-refractivity contribution in [3.05, 3.63) is 60.2 Å². The number of carbonyl (C=O) groups excluding carboxylic acids is 1. The van der Waals surface area contributed by atoms with Crippen LogP contribution in [0, 0.1) is 6.92 Å². The monoisotopic (exact) mass is 430 g/mol. The number of sulfonamides is 1. The van der Waals surface area contributed by atoms with Crippen LogP contribution in [0.3, 0.4) is 0 Å². The summed E-state index contributed by atoms with van der Waals surface area (Å²) in [6, 6.07) is 15.6. The lowest BCUT2D eigenvalue weighted by atomic mass is 10.1. The van der Waals surface area contributed by atoms with Crippen molar-refractivity contribution in [2.45, 2.75) is 26.3 Å². The highest BCUT2D eigenvalue weighted by molar-refractivity contribution is 7.92. The van der Waals surface area contributed by atoms with Crippen molar-refractivity contribution in [3.8, 4) is 10.6 Å². The molecule has 0 fully saturated rings. The number of anilines is 2. The molecular formula is C20H22N4O3S2. The normalized spacial score (nSPS) is 12.4. The molecule has 1 unspecified atom stereocenters. The van der Waals surface area contributed by atoms with Gasteiger partial charge < -0.3 is 0 Å². The van der Waals surface area contributed by atoms with Crippen LogP contribution in [-0.4, -0.2) is 36.8 Å². The van der Waals surface area contributed by atoms with Crippen molar-refractivity contribution in [1.82, 2.24) is 10.2 Å². The van der Waals surface area contributed by atoms with Crippen LogP contribution in [0.5, 0.6) is 0 Å². The molecule has 0 spiro atoms. The number of nitrogens with one attached hydrogen (secondary N) is 1. The van der Waals surface area contributed by atoms with E-state index in [0.717, 1.165) is 21.7 Å². The van der Waals surface area contributed by atoms with Gasteiger partial charge in [-0.2, -0.15) is 0 Å². The predicted molar refractivity (Wildman–Crippen MR) is 117 cm³/mol. The van der Waals surface area contributed by atoms with Crippen LogP contribution < -0.4 is 9.62 Å². The Labute approximate surface area is 174 Å². The average Bonchev–Trinajstić information content (AvgIpc) is 3.15. The molecule has 0 aliphatic heterocycles. The molecule has 0 saturated carbocycles. The van der Waals surface area contributed by atoms with E-state index in [1.165, 1.54) is 11.3 Å². The molecule has 29 heavy (non-hydrogen) atoms. The maximum Gasteiger partial charge on any atom is 0.250 e. The number of hydrogen-bond donors (Lipinski definition) is 1. The van der Waals surface area contributed by atoms with E-state index >= 15 is 0 Å². The first-order chi connectivity index (χ1) is 13.8. The Morgan fingerprint density at radius 1 is 1.10 bits per heavy atom. The Morgan fingerprint density at radius 2 is 1.76 bits per heavy atom. The predicted octanol–water partition coefficient (Wildman–Crippen LogP) is 3.70. The smallest absolute Gasteiger partial charge is 0.250 e. The van der Waals surface area contributed by atoms with Crippen molar-refractivity contribution in [1.29, 1.82) is 0 Å². The average molecular weight is 431 g/mol. The molecule has 0 radical (unpaired) electrons. The van der Waals surface area contributed by atoms with Crippen LogP contribution in [0.15, 0.2) is 54.6 Å². The lowest BCUT2D eigenvalue weighted by Crippen LogP contribution is -2.47. The summed E-state index contributed by atoms with van der Waals surface area (Å²) < 4.78 is 26.1. The van der Waals surface area contributed by atoms with Gasteiger partial charge in [-0.25, -0.2) is 8.42 Å². The van der Waals surface area contributed by atoms with Crippen LogP contribution in [-0.2, 0) is 14.8 Å². The highest BCUT2D eigenvalue weighted by Crippen LogP contribution is 2.27. The van der Waals surface area contributed by atoms with Gasteiger partial charge in [-0.3, -0.25) is 14.4 Å². The number of nitrogens with zero attached hydrogens (tertiary/aromatic N) is 3. The minimum atomic E-state index is -3.68. The molecular weight excluding hydrogens is 408 g/mol. The Morgan fingerprint density at radius 3 is 2.34 bits per heavy atom. The van der Waals surface area contributed by atoms with E-state index in [9.17, 15) is 13.2 Å². The maximum atomic E-state index is 12.9. The first kappa shape index (κ1) is 20.9. The summed E-state index contributed by atoms with van der Waals surface area (Å²) >= 11 is 1.24. The molecule has 1 N–H and O–H groups in total. The van der Waals surface area contributed by atoms with E-state index in [1.807, 2.05) is 49.4 Å². The molecule has 1 heterocycles. The number of hydrogen-bond acceptors (Lipinski definition) is 6. The Bertz CT molecular complexity index is 1080. The van der Waals surface area contributed by atoms with Crippen LogP contribution in [0.4, 0.5) is 10.8 Å². The zero-order chi connectivity index (χ0) is 21.0. The van der Waals surface area contributed by atoms with E-state index in [-0.39, 0.29) is 0 Å². The fourth-order valence-electron chi connectivity index (χ4n) is 2.91. The van der Waals surface area contributed by atoms with Crippen molar-refractivity contribution >= 4 is 38.1 Å². The molecule has 3 rings (SSSR count). The third-order valence-electron chi connectivity index (χ3n) is 4.29. The standard InChI is InChI=1S/C20H22N4O3S2/c1-4-17(24(29(3,26)27)16-12-10-14(2)11-13-16)18(25)21-20-23-22-19(28-20)15-8-6-5-7-9-15/h5-13,17H,4H2,1-3H3,(H,21,23,25). The minimum Gasteiger partial charge on any atom is -0.299 e. The molecule has 1 amide bonds. The second-order valence-corrected chi connectivity index (χ2v) is 9.42. The van der Waals surface area contributed by atoms with Crippen LogP contribution in [0.1, 0.15) is 18.9 Å². The van der Waals surface area contributed by atoms with Crippen LogP contribution in [0.2, 0.25) is 0 Å². The maximum absolute atomic E-state index is 12.9. The number of amides is 1. The van der Waals surface area contributed by atoms with Gasteiger partial charge in [0.15, 0.2) is 0 Å². The van der Waals surface area contributed by atoms with Gasteiger partial charge in [0, 0.05) is 5.56 Å². The molecule has 2 aromatic carbocycles. The number of carbonyl (C=O) groups is 1. The highest BCUT2D eigenvalue weighted by atomic mass is 32.2. The second kappa shape index (κ2) is 8.71. The van der Waals surface area contributed by atoms with E-state index < -0.39 is 22.0 Å². The SMILES string of the molecule is CCC(C(=O)Nc1nnc(-c2ccccc2)s1)N(c1ccc(C)cc1)S(C)(=O)=O. The molecule has 9 heteroatoms. The van der Waals surface area contributed by atoms with Gasteiger partial charge in [-0.1, -0.05) is 66.3 Å². The summed E-state index contributed by atoms with van der Waals surface area (Å²) in [5, 5.41) is 11.8. The quantitative estimate of drug-likeness (QED) is 0.617. The fourth-order valence-corrected chi connectivity index (χ4v) is 4.88. The molecule has 3 aromatic rings. The summed E-state index contributed by atoms with van der Waals surface area (Å²) in [6.45, 7) is 3.68. The van der Waals surface area contributed by atoms with Crippen molar-refractivity contribution in [2.75, 3.05) is 15.9 Å². The number of benzene rings is 2. The van der Waals surface area contributed by atoms with E-state index in [1.54, 1.807) is 19.1 Å². The molecule has 1 atom stereocenters. The first-order valence-electron chi connectivity index (χ1n) is 9.05. The van der Waals surface area contributed by atoms with Gasteiger partial charge in [0.25, 0.3) is 0 Å². The van der Waals surface area contributed by atoms with E-state index in [4.69, 9.17) is 0 Å². The van der Waals surface area contributed by atoms with Crippen molar-refractivity contribution < 1.29 is 13.2 Å². The summed E-state index contributed by atoms with van der Waals surface area (Å²) in [6.07, 6.45) is 1.40. The molecule has 0 bridgehead atoms. The number of aromatic nitrogens is 2. The molecule has 7 nitrogen and oxygen atoms in total. The van der Waals surface area contributed by atoms with Gasteiger partial charge in [0.2, 0.25) is 21.1 Å². The zero-order valence-corrected chi connectivity index (χ0v) is 18.0. The molecule has 0 aliphatic carbocycles. The van der Waals surface area contributed by atoms with Gasteiger partial charge in [0.1, 0.15) is 11.0 Å². The molecule has 0 saturated heterocycles. The van der Waals surface area contributed by atoms with Crippen molar-refractivity contribution in [3.63, 3.8) is 0 Å². The number of rotatable bonds is 7. The van der Waals surface area contributed by atoms with Crippen molar-refractivity contribution in [2.24, 2.45) is 0 Å². The van der Waals surface area contributed by atoms with Crippen LogP contribution >= 0.6 is 11.3 Å².